The maximum Gasteiger partial charge on any atom is 0.330 e. The number of carbonyl (C=O) groups is 3. The van der Waals surface area contributed by atoms with Gasteiger partial charge in [0.15, 0.2) is 0 Å². The quantitative estimate of drug-likeness (QED) is 0.604. The van der Waals surface area contributed by atoms with Crippen molar-refractivity contribution in [3.8, 4) is 0 Å². The molecule has 0 heterocycles. The Balaban J connectivity index is 2.00. The summed E-state index contributed by atoms with van der Waals surface area (Å²) in [6.45, 7) is 2.41. The summed E-state index contributed by atoms with van der Waals surface area (Å²) < 4.78 is 4.71. The fraction of sp³-hybridized carbons (Fsp3) is 0.190. The van der Waals surface area contributed by atoms with E-state index in [1.165, 1.54) is 0 Å². The number of amides is 2. The van der Waals surface area contributed by atoms with Gasteiger partial charge in [0.1, 0.15) is 0 Å². The minimum absolute atomic E-state index is 0.156. The van der Waals surface area contributed by atoms with Crippen LogP contribution < -0.4 is 5.32 Å². The molecule has 0 unspecified atom stereocenters. The van der Waals surface area contributed by atoms with Gasteiger partial charge in [-0.2, -0.15) is 0 Å². The third kappa shape index (κ3) is 6.43. The van der Waals surface area contributed by atoms with E-state index < -0.39 is 11.9 Å². The lowest BCUT2D eigenvalue weighted by molar-refractivity contribution is -0.137. The number of hydrogen-bond donors (Lipinski definition) is 1. The number of benzene rings is 2. The van der Waals surface area contributed by atoms with E-state index in [1.807, 2.05) is 30.3 Å². The van der Waals surface area contributed by atoms with Crippen LogP contribution in [0, 0.1) is 0 Å². The normalized spacial score (nSPS) is 10.4. The summed E-state index contributed by atoms with van der Waals surface area (Å²) in [6, 6.07) is 16.3. The molecule has 2 aromatic rings. The van der Waals surface area contributed by atoms with Crippen molar-refractivity contribution in [1.82, 2.24) is 4.90 Å². The first-order valence-corrected chi connectivity index (χ1v) is 8.55. The van der Waals surface area contributed by atoms with E-state index in [-0.39, 0.29) is 12.5 Å². The second kappa shape index (κ2) is 9.91. The maximum atomic E-state index is 12.6. The highest BCUT2D eigenvalue weighted by Gasteiger charge is 2.13. The molecule has 2 rings (SSSR count). The second-order valence-electron chi connectivity index (χ2n) is 5.80. The molecule has 0 radical (unpaired) electrons. The number of hydrogen-bond acceptors (Lipinski definition) is 4. The number of ether oxygens (including phenoxy) is 1. The summed E-state index contributed by atoms with van der Waals surface area (Å²) in [5, 5.41) is 2.62. The lowest BCUT2D eigenvalue weighted by atomic mass is 10.1. The molecule has 0 aromatic heterocycles. The summed E-state index contributed by atoms with van der Waals surface area (Å²) in [5.74, 6) is -1.22. The lowest BCUT2D eigenvalue weighted by Crippen LogP contribution is -2.26. The maximum absolute atomic E-state index is 12.6. The Hall–Kier alpha value is -3.41. The molecule has 0 aliphatic carbocycles. The van der Waals surface area contributed by atoms with E-state index in [0.717, 1.165) is 17.7 Å². The van der Waals surface area contributed by atoms with Crippen LogP contribution in [-0.4, -0.2) is 36.3 Å². The van der Waals surface area contributed by atoms with Gasteiger partial charge >= 0.3 is 5.97 Å². The van der Waals surface area contributed by atoms with Crippen LogP contribution in [0.5, 0.6) is 0 Å². The minimum atomic E-state index is -0.584. The van der Waals surface area contributed by atoms with E-state index in [1.54, 1.807) is 43.1 Å². The van der Waals surface area contributed by atoms with Gasteiger partial charge in [-0.15, -0.1) is 0 Å². The van der Waals surface area contributed by atoms with E-state index in [4.69, 9.17) is 4.74 Å². The van der Waals surface area contributed by atoms with Crippen LogP contribution in [-0.2, 0) is 20.9 Å². The summed E-state index contributed by atoms with van der Waals surface area (Å²) in [6.07, 6.45) is 2.15. The fourth-order valence-electron chi connectivity index (χ4n) is 2.40. The van der Waals surface area contributed by atoms with Gasteiger partial charge in [0.2, 0.25) is 5.91 Å². The highest BCUT2D eigenvalue weighted by molar-refractivity contribution is 6.03. The first-order valence-electron chi connectivity index (χ1n) is 8.55. The van der Waals surface area contributed by atoms with E-state index in [2.05, 4.69) is 5.32 Å². The average Bonchev–Trinajstić information content (AvgIpc) is 2.67. The Labute approximate surface area is 158 Å². The van der Waals surface area contributed by atoms with Gasteiger partial charge in [-0.25, -0.2) is 4.79 Å². The van der Waals surface area contributed by atoms with Crippen molar-refractivity contribution in [2.24, 2.45) is 0 Å². The number of nitrogens with one attached hydrogen (secondary N) is 1. The first-order chi connectivity index (χ1) is 13.0. The molecular weight excluding hydrogens is 344 g/mol. The van der Waals surface area contributed by atoms with Crippen molar-refractivity contribution in [3.05, 3.63) is 77.9 Å². The number of esters is 1. The van der Waals surface area contributed by atoms with E-state index in [9.17, 15) is 14.4 Å². The molecule has 27 heavy (non-hydrogen) atoms. The predicted octanol–water partition coefficient (Wildman–Crippen LogP) is 3.02. The molecule has 6 nitrogen and oxygen atoms in total. The molecule has 2 aromatic carbocycles. The number of rotatable bonds is 7. The van der Waals surface area contributed by atoms with Crippen LogP contribution >= 0.6 is 0 Å². The Morgan fingerprint density at radius 2 is 1.78 bits per heavy atom. The van der Waals surface area contributed by atoms with Gasteiger partial charge in [0, 0.05) is 37.0 Å². The van der Waals surface area contributed by atoms with Crippen LogP contribution in [0.15, 0.2) is 66.7 Å². The summed E-state index contributed by atoms with van der Waals surface area (Å²) in [7, 11) is 1.72. The van der Waals surface area contributed by atoms with Gasteiger partial charge in [-0.05, 0) is 30.7 Å². The molecule has 0 atom stereocenters. The van der Waals surface area contributed by atoms with E-state index >= 15 is 0 Å². The predicted molar refractivity (Wildman–Crippen MR) is 103 cm³/mol. The Bertz CT molecular complexity index is 831. The topological polar surface area (TPSA) is 75.7 Å². The molecule has 0 spiro atoms. The van der Waals surface area contributed by atoms with Crippen molar-refractivity contribution in [2.45, 2.75) is 13.5 Å². The van der Waals surface area contributed by atoms with Crippen molar-refractivity contribution >= 4 is 23.5 Å². The number of carbonyl (C=O) groups excluding carboxylic acids is 3. The molecule has 0 fully saturated rings. The third-order valence-electron chi connectivity index (χ3n) is 3.64. The van der Waals surface area contributed by atoms with Gasteiger partial charge in [0.05, 0.1) is 6.61 Å². The molecule has 140 valence electrons. The zero-order chi connectivity index (χ0) is 19.6. The smallest absolute Gasteiger partial charge is 0.330 e. The highest BCUT2D eigenvalue weighted by Crippen LogP contribution is 2.14. The fourth-order valence-corrected chi connectivity index (χ4v) is 2.40. The summed E-state index contributed by atoms with van der Waals surface area (Å²) >= 11 is 0. The van der Waals surface area contributed by atoms with Crippen molar-refractivity contribution in [1.29, 1.82) is 0 Å². The summed E-state index contributed by atoms with van der Waals surface area (Å²) in [5.41, 5.74) is 1.95. The molecule has 0 aliphatic heterocycles. The van der Waals surface area contributed by atoms with Gasteiger partial charge in [0.25, 0.3) is 5.91 Å². The Kier molecular flexibility index (Phi) is 7.31. The molecule has 2 amide bonds. The lowest BCUT2D eigenvalue weighted by Gasteiger charge is -2.17. The van der Waals surface area contributed by atoms with Gasteiger partial charge in [-0.1, -0.05) is 36.4 Å². The molecule has 0 bridgehead atoms. The van der Waals surface area contributed by atoms with Crippen LogP contribution in [0.25, 0.3) is 0 Å². The van der Waals surface area contributed by atoms with Crippen molar-refractivity contribution in [2.75, 3.05) is 19.0 Å². The van der Waals surface area contributed by atoms with Gasteiger partial charge < -0.3 is 15.0 Å². The van der Waals surface area contributed by atoms with Crippen LogP contribution in [0.3, 0.4) is 0 Å². The number of anilines is 1. The number of nitrogens with zero attached hydrogens (tertiary/aromatic N) is 1. The molecular formula is C21H22N2O4. The third-order valence-corrected chi connectivity index (χ3v) is 3.64. The molecule has 0 saturated carbocycles. The standard InChI is InChI=1S/C21H22N2O4/c1-3-27-20(25)13-12-19(24)22-18-11-7-10-17(14-18)21(26)23(2)15-16-8-5-4-6-9-16/h4-14H,3,15H2,1-2H3,(H,22,24)/b13-12-. The molecule has 6 heteroatoms. The van der Waals surface area contributed by atoms with E-state index in [0.29, 0.717) is 17.8 Å². The molecule has 1 N–H and O–H groups in total. The monoisotopic (exact) mass is 366 g/mol. The molecule has 0 aliphatic rings. The average molecular weight is 366 g/mol. The summed E-state index contributed by atoms with van der Waals surface area (Å²) in [4.78, 5) is 37.3. The van der Waals surface area contributed by atoms with Crippen LogP contribution in [0.1, 0.15) is 22.8 Å². The zero-order valence-electron chi connectivity index (χ0n) is 15.3. The Morgan fingerprint density at radius 3 is 2.48 bits per heavy atom. The van der Waals surface area contributed by atoms with Crippen molar-refractivity contribution in [3.63, 3.8) is 0 Å². The first kappa shape index (κ1) is 19.9. The Morgan fingerprint density at radius 1 is 1.04 bits per heavy atom. The zero-order valence-corrected chi connectivity index (χ0v) is 15.3. The molecule has 0 saturated heterocycles. The highest BCUT2D eigenvalue weighted by atomic mass is 16.5. The largest absolute Gasteiger partial charge is 0.463 e. The van der Waals surface area contributed by atoms with Crippen molar-refractivity contribution < 1.29 is 19.1 Å². The van der Waals surface area contributed by atoms with Crippen LogP contribution in [0.2, 0.25) is 0 Å². The second-order valence-corrected chi connectivity index (χ2v) is 5.80. The van der Waals surface area contributed by atoms with Crippen LogP contribution in [0.4, 0.5) is 5.69 Å². The van der Waals surface area contributed by atoms with Gasteiger partial charge in [-0.3, -0.25) is 9.59 Å². The SMILES string of the molecule is CCOC(=O)/C=C\C(=O)Nc1cccc(C(=O)N(C)Cc2ccccc2)c1. The minimum Gasteiger partial charge on any atom is -0.463 e.